The lowest BCUT2D eigenvalue weighted by Crippen LogP contribution is -2.30. The predicted octanol–water partition coefficient (Wildman–Crippen LogP) is 6.45. The van der Waals surface area contributed by atoms with E-state index in [1.54, 1.807) is 0 Å². The molecule has 34 heavy (non-hydrogen) atoms. The van der Waals surface area contributed by atoms with Crippen LogP contribution in [0.1, 0.15) is 17.2 Å². The molecule has 0 bridgehead atoms. The average Bonchev–Trinajstić information content (AvgIpc) is 2.92. The Hall–Kier alpha value is -3.89. The molecule has 0 saturated carbocycles. The summed E-state index contributed by atoms with van der Waals surface area (Å²) < 4.78 is 14.7. The molecule has 0 aliphatic carbocycles. The lowest BCUT2D eigenvalue weighted by atomic mass is 10.0. The molecule has 5 aromatic carbocycles. The van der Waals surface area contributed by atoms with Gasteiger partial charge in [0.2, 0.25) is 7.29 Å². The Labute approximate surface area is 200 Å². The van der Waals surface area contributed by atoms with Crippen LogP contribution in [0.4, 0.5) is 0 Å². The second-order valence-corrected chi connectivity index (χ2v) is 10.6. The molecule has 5 rings (SSSR count). The lowest BCUT2D eigenvalue weighted by molar-refractivity contribution is 0.574. The Balaban J connectivity index is 1.64. The van der Waals surface area contributed by atoms with Gasteiger partial charge in [0.15, 0.2) is 0 Å². The van der Waals surface area contributed by atoms with Crippen molar-refractivity contribution in [2.45, 2.75) is 6.04 Å². The van der Waals surface area contributed by atoms with Crippen molar-refractivity contribution in [3.8, 4) is 11.8 Å². The van der Waals surface area contributed by atoms with E-state index >= 15 is 0 Å². The Bertz CT molecular complexity index is 1460. The van der Waals surface area contributed by atoms with Crippen LogP contribution in [0.3, 0.4) is 0 Å². The minimum Gasteiger partial charge on any atom is -0.296 e. The van der Waals surface area contributed by atoms with Gasteiger partial charge in [-0.05, 0) is 58.8 Å². The van der Waals surface area contributed by atoms with Crippen LogP contribution < -0.4 is 15.7 Å². The second kappa shape index (κ2) is 9.94. The van der Waals surface area contributed by atoms with E-state index in [4.69, 9.17) is 0 Å². The van der Waals surface area contributed by atoms with Gasteiger partial charge in [0.1, 0.15) is 6.04 Å². The molecule has 0 saturated heterocycles. The second-order valence-electron chi connectivity index (χ2n) is 8.08. The number of hydrogen-bond acceptors (Lipinski definition) is 1. The first-order valence-corrected chi connectivity index (χ1v) is 13.0. The van der Waals surface area contributed by atoms with Crippen LogP contribution in [-0.2, 0) is 4.57 Å². The maximum Gasteiger partial charge on any atom is 0.205 e. The van der Waals surface area contributed by atoms with Gasteiger partial charge < -0.3 is 0 Å². The third-order valence-electron chi connectivity index (χ3n) is 5.79. The van der Waals surface area contributed by atoms with Crippen molar-refractivity contribution < 1.29 is 4.57 Å². The summed E-state index contributed by atoms with van der Waals surface area (Å²) in [5.41, 5.74) is 1.90. The van der Waals surface area contributed by atoms with Gasteiger partial charge >= 0.3 is 0 Å². The highest BCUT2D eigenvalue weighted by Gasteiger charge is 2.30. The molecule has 1 atom stereocenters. The van der Waals surface area contributed by atoms with Gasteiger partial charge in [-0.3, -0.25) is 4.57 Å². The molecule has 0 aliphatic heterocycles. The van der Waals surface area contributed by atoms with E-state index < -0.39 is 13.3 Å². The van der Waals surface area contributed by atoms with E-state index in [1.807, 2.05) is 103 Å². The van der Waals surface area contributed by atoms with Crippen molar-refractivity contribution in [2.75, 3.05) is 0 Å². The molecular formula is C31H24NOP. The van der Waals surface area contributed by atoms with E-state index in [2.05, 4.69) is 47.3 Å². The first-order valence-electron chi connectivity index (χ1n) is 11.3. The molecule has 0 fully saturated rings. The van der Waals surface area contributed by atoms with Gasteiger partial charge in [0.25, 0.3) is 0 Å². The van der Waals surface area contributed by atoms with Crippen LogP contribution in [0.15, 0.2) is 133 Å². The monoisotopic (exact) mass is 457 g/mol. The average molecular weight is 458 g/mol. The lowest BCUT2D eigenvalue weighted by Gasteiger charge is -2.25. The summed E-state index contributed by atoms with van der Waals surface area (Å²) in [7, 11) is -3.18. The Morgan fingerprint density at radius 3 is 1.74 bits per heavy atom. The molecule has 0 spiro atoms. The Morgan fingerprint density at radius 2 is 1.12 bits per heavy atom. The van der Waals surface area contributed by atoms with E-state index in [-0.39, 0.29) is 0 Å². The zero-order valence-electron chi connectivity index (χ0n) is 18.6. The van der Waals surface area contributed by atoms with Gasteiger partial charge in [0, 0.05) is 16.2 Å². The molecule has 0 amide bonds. The third kappa shape index (κ3) is 4.73. The Morgan fingerprint density at radius 1 is 0.588 bits per heavy atom. The third-order valence-corrected chi connectivity index (χ3v) is 8.46. The largest absolute Gasteiger partial charge is 0.296 e. The van der Waals surface area contributed by atoms with Gasteiger partial charge in [-0.15, -0.1) is 0 Å². The van der Waals surface area contributed by atoms with Crippen LogP contribution in [0.25, 0.3) is 10.8 Å². The number of hydrogen-bond donors (Lipinski definition) is 1. The molecule has 0 unspecified atom stereocenters. The summed E-state index contributed by atoms with van der Waals surface area (Å²) in [6.45, 7) is 0. The summed E-state index contributed by atoms with van der Waals surface area (Å²) >= 11 is 0. The zero-order chi connectivity index (χ0) is 23.2. The fourth-order valence-electron chi connectivity index (χ4n) is 4.01. The standard InChI is InChI=1S/C31H24NOP/c33-34(29-16-6-2-7-17-29,30-18-8-3-9-19-30)32-31(23-20-25-12-4-1-5-13-25)28-22-21-26-14-10-11-15-27(26)24-28/h1-19,21-22,24,31H,(H,32,33)/t31-/m1/s1. The van der Waals surface area contributed by atoms with Crippen LogP contribution in [0.2, 0.25) is 0 Å². The van der Waals surface area contributed by atoms with Crippen LogP contribution >= 0.6 is 7.29 Å². The molecule has 5 aromatic rings. The van der Waals surface area contributed by atoms with Gasteiger partial charge in [-0.2, -0.15) is 0 Å². The molecule has 0 heterocycles. The molecule has 164 valence electrons. The number of fused-ring (bicyclic) bond motifs is 1. The number of benzene rings is 5. The molecule has 0 aromatic heterocycles. The summed E-state index contributed by atoms with van der Waals surface area (Å²) in [6.07, 6.45) is 0. The predicted molar refractivity (Wildman–Crippen MR) is 143 cm³/mol. The fraction of sp³-hybridized carbons (Fsp3) is 0.0323. The summed E-state index contributed by atoms with van der Waals surface area (Å²) in [5.74, 6) is 6.66. The van der Waals surface area contributed by atoms with E-state index in [9.17, 15) is 4.57 Å². The molecule has 0 radical (unpaired) electrons. The Kier molecular flexibility index (Phi) is 6.41. The normalized spacial score (nSPS) is 12.0. The van der Waals surface area contributed by atoms with Gasteiger partial charge in [-0.1, -0.05) is 103 Å². The molecule has 3 heteroatoms. The highest BCUT2D eigenvalue weighted by molar-refractivity contribution is 7.76. The first-order chi connectivity index (χ1) is 16.7. The van der Waals surface area contributed by atoms with Crippen LogP contribution in [0, 0.1) is 11.8 Å². The van der Waals surface area contributed by atoms with E-state index in [0.29, 0.717) is 0 Å². The SMILES string of the molecule is O=P(N[C@H](C#Cc1ccccc1)c1ccc2ccccc2c1)(c1ccccc1)c1ccccc1. The van der Waals surface area contributed by atoms with E-state index in [0.717, 1.165) is 32.5 Å². The summed E-state index contributed by atoms with van der Waals surface area (Å²) in [4.78, 5) is 0. The van der Waals surface area contributed by atoms with Crippen molar-refractivity contribution >= 4 is 28.7 Å². The highest BCUT2D eigenvalue weighted by atomic mass is 31.2. The topological polar surface area (TPSA) is 29.1 Å². The van der Waals surface area contributed by atoms with Crippen molar-refractivity contribution in [2.24, 2.45) is 0 Å². The smallest absolute Gasteiger partial charge is 0.205 e. The molecule has 2 nitrogen and oxygen atoms in total. The van der Waals surface area contributed by atoms with Gasteiger partial charge in [-0.25, -0.2) is 5.09 Å². The summed E-state index contributed by atoms with van der Waals surface area (Å²) in [6, 6.07) is 43.3. The zero-order valence-corrected chi connectivity index (χ0v) is 19.5. The van der Waals surface area contributed by atoms with Crippen LogP contribution in [-0.4, -0.2) is 0 Å². The quantitative estimate of drug-likeness (QED) is 0.243. The minimum atomic E-state index is -3.18. The summed E-state index contributed by atoms with van der Waals surface area (Å²) in [5, 5.41) is 7.30. The maximum absolute atomic E-state index is 14.7. The van der Waals surface area contributed by atoms with Crippen LogP contribution in [0.5, 0.6) is 0 Å². The molecular weight excluding hydrogens is 433 g/mol. The van der Waals surface area contributed by atoms with Gasteiger partial charge in [0.05, 0.1) is 0 Å². The number of rotatable bonds is 5. The minimum absolute atomic E-state index is 0.434. The number of nitrogens with one attached hydrogen (secondary N) is 1. The highest BCUT2D eigenvalue weighted by Crippen LogP contribution is 2.42. The first kappa shape index (κ1) is 21.9. The molecule has 1 N–H and O–H groups in total. The van der Waals surface area contributed by atoms with Crippen molar-refractivity contribution in [1.82, 2.24) is 5.09 Å². The maximum atomic E-state index is 14.7. The molecule has 0 aliphatic rings. The van der Waals surface area contributed by atoms with Crippen molar-refractivity contribution in [3.63, 3.8) is 0 Å². The van der Waals surface area contributed by atoms with E-state index in [1.165, 1.54) is 0 Å². The fourth-order valence-corrected chi connectivity index (χ4v) is 6.37. The van der Waals surface area contributed by atoms with Crippen molar-refractivity contribution in [3.05, 3.63) is 145 Å². The van der Waals surface area contributed by atoms with Crippen molar-refractivity contribution in [1.29, 1.82) is 0 Å².